The molecule has 35 heavy (non-hydrogen) atoms. The molecule has 10 heteroatoms. The monoisotopic (exact) mass is 499 g/mol. The summed E-state index contributed by atoms with van der Waals surface area (Å²) in [7, 11) is 2.86. The number of rotatable bonds is 8. The zero-order valence-electron chi connectivity index (χ0n) is 19.6. The van der Waals surface area contributed by atoms with Gasteiger partial charge in [-0.2, -0.15) is 0 Å². The van der Waals surface area contributed by atoms with Crippen LogP contribution in [0.1, 0.15) is 36.5 Å². The van der Waals surface area contributed by atoms with E-state index in [1.165, 1.54) is 26.4 Å². The number of pyridine rings is 1. The van der Waals surface area contributed by atoms with Crippen molar-refractivity contribution in [3.63, 3.8) is 0 Å². The number of ether oxygens (including phenoxy) is 3. The molecule has 2 atom stereocenters. The molecule has 1 aliphatic carbocycles. The fourth-order valence-electron chi connectivity index (χ4n) is 4.41. The van der Waals surface area contributed by atoms with Crippen LogP contribution in [0.5, 0.6) is 17.2 Å². The molecule has 2 N–H and O–H groups in total. The number of benzene rings is 1. The van der Waals surface area contributed by atoms with Gasteiger partial charge < -0.3 is 24.8 Å². The zero-order valence-corrected chi connectivity index (χ0v) is 20.4. The van der Waals surface area contributed by atoms with Gasteiger partial charge in [0.1, 0.15) is 22.1 Å². The Bertz CT molecular complexity index is 1200. The maximum Gasteiger partial charge on any atom is 0.236 e. The molecule has 0 saturated heterocycles. The molecule has 4 rings (SSSR count). The number of hydrogen-bond donors (Lipinski definition) is 2. The summed E-state index contributed by atoms with van der Waals surface area (Å²) < 4.78 is 16.6. The highest BCUT2D eigenvalue weighted by atomic mass is 35.5. The van der Waals surface area contributed by atoms with Crippen LogP contribution < -0.4 is 24.8 Å². The standard InChI is InChI=1S/C25H26ClN3O6/c1-14-10-16(28-9-5-7-20(31)29-15-6-4-8-27-13-15)11-19(30)25(14)24(32)21-17(33-2)12-18(34-3)22(26)23(21)35-25/h4,6,8,11-14,28H,5,7,9-10H2,1-3H3,(H,29,31). The maximum absolute atomic E-state index is 13.5. The summed E-state index contributed by atoms with van der Waals surface area (Å²) in [5.74, 6) is -0.917. The van der Waals surface area contributed by atoms with Gasteiger partial charge in [0.05, 0.1) is 26.1 Å². The lowest BCUT2D eigenvalue weighted by molar-refractivity contribution is -0.129. The van der Waals surface area contributed by atoms with Crippen LogP contribution in [0.25, 0.3) is 0 Å². The fourth-order valence-corrected chi connectivity index (χ4v) is 4.67. The Morgan fingerprint density at radius 3 is 2.71 bits per heavy atom. The van der Waals surface area contributed by atoms with Crippen molar-refractivity contribution in [3.8, 4) is 17.2 Å². The van der Waals surface area contributed by atoms with E-state index >= 15 is 0 Å². The van der Waals surface area contributed by atoms with Gasteiger partial charge in [-0.15, -0.1) is 0 Å². The molecule has 1 amide bonds. The normalized spacial score (nSPS) is 20.7. The van der Waals surface area contributed by atoms with E-state index < -0.39 is 23.1 Å². The quantitative estimate of drug-likeness (QED) is 0.418. The minimum Gasteiger partial charge on any atom is -0.496 e. The number of aromatic nitrogens is 1. The Morgan fingerprint density at radius 2 is 2.06 bits per heavy atom. The van der Waals surface area contributed by atoms with Crippen LogP contribution in [0.2, 0.25) is 5.02 Å². The van der Waals surface area contributed by atoms with Crippen molar-refractivity contribution >= 4 is 34.8 Å². The van der Waals surface area contributed by atoms with Crippen LogP contribution in [-0.2, 0) is 9.59 Å². The highest BCUT2D eigenvalue weighted by molar-refractivity contribution is 6.36. The lowest BCUT2D eigenvalue weighted by Gasteiger charge is -2.35. The molecule has 2 unspecified atom stereocenters. The van der Waals surface area contributed by atoms with Crippen molar-refractivity contribution in [1.82, 2.24) is 10.3 Å². The number of carbonyl (C=O) groups excluding carboxylic acids is 3. The summed E-state index contributed by atoms with van der Waals surface area (Å²) >= 11 is 6.40. The first-order valence-electron chi connectivity index (χ1n) is 11.2. The number of amides is 1. The Morgan fingerprint density at radius 1 is 1.29 bits per heavy atom. The number of fused-ring (bicyclic) bond motifs is 1. The average Bonchev–Trinajstić information content (AvgIpc) is 3.16. The molecule has 2 aliphatic rings. The van der Waals surface area contributed by atoms with Crippen molar-refractivity contribution in [1.29, 1.82) is 0 Å². The van der Waals surface area contributed by atoms with Crippen LogP contribution >= 0.6 is 11.6 Å². The molecule has 0 radical (unpaired) electrons. The first kappa shape index (κ1) is 24.5. The van der Waals surface area contributed by atoms with E-state index in [1.807, 2.05) is 0 Å². The van der Waals surface area contributed by atoms with Gasteiger partial charge in [0.2, 0.25) is 23.1 Å². The molecule has 0 bridgehead atoms. The molecule has 2 aromatic rings. The van der Waals surface area contributed by atoms with Gasteiger partial charge >= 0.3 is 0 Å². The summed E-state index contributed by atoms with van der Waals surface area (Å²) in [4.78, 5) is 42.8. The second kappa shape index (κ2) is 9.95. The molecule has 1 aromatic carbocycles. The zero-order chi connectivity index (χ0) is 25.2. The number of allylic oxidation sites excluding steroid dienone is 1. The number of methoxy groups -OCH3 is 2. The Hall–Kier alpha value is -3.59. The second-order valence-electron chi connectivity index (χ2n) is 8.43. The van der Waals surface area contributed by atoms with E-state index in [0.717, 1.165) is 0 Å². The number of Topliss-reactive ketones (excluding diaryl/α,β-unsaturated/α-hetero) is 1. The molecule has 184 valence electrons. The Balaban J connectivity index is 1.42. The lowest BCUT2D eigenvalue weighted by Crippen LogP contribution is -2.55. The van der Waals surface area contributed by atoms with E-state index in [4.69, 9.17) is 25.8 Å². The highest BCUT2D eigenvalue weighted by Gasteiger charge is 2.60. The van der Waals surface area contributed by atoms with Crippen molar-refractivity contribution in [2.45, 2.75) is 31.8 Å². The number of hydrogen-bond acceptors (Lipinski definition) is 8. The summed E-state index contributed by atoms with van der Waals surface area (Å²) in [6.45, 7) is 2.28. The van der Waals surface area contributed by atoms with E-state index in [1.54, 1.807) is 31.5 Å². The smallest absolute Gasteiger partial charge is 0.236 e. The first-order chi connectivity index (χ1) is 16.8. The summed E-state index contributed by atoms with van der Waals surface area (Å²) in [6, 6.07) is 5.02. The Kier molecular flexibility index (Phi) is 6.98. The fraction of sp³-hybridized carbons (Fsp3) is 0.360. The second-order valence-corrected chi connectivity index (χ2v) is 8.80. The first-order valence-corrected chi connectivity index (χ1v) is 11.6. The van der Waals surface area contributed by atoms with Gasteiger partial charge in [0.15, 0.2) is 5.75 Å². The summed E-state index contributed by atoms with van der Waals surface area (Å²) in [5, 5.41) is 6.10. The topological polar surface area (TPSA) is 116 Å². The molecule has 0 saturated carbocycles. The van der Waals surface area contributed by atoms with Gasteiger partial charge in [-0.3, -0.25) is 19.4 Å². The third kappa shape index (κ3) is 4.43. The van der Waals surface area contributed by atoms with Crippen LogP contribution in [-0.4, -0.2) is 48.8 Å². The molecule has 1 spiro atoms. The predicted octanol–water partition coefficient (Wildman–Crippen LogP) is 3.57. The molecule has 1 aliphatic heterocycles. The van der Waals surface area contributed by atoms with Crippen LogP contribution in [0.15, 0.2) is 42.4 Å². The number of nitrogens with one attached hydrogen (secondary N) is 2. The average molecular weight is 500 g/mol. The minimum absolute atomic E-state index is 0.0949. The molecule has 2 heterocycles. The largest absolute Gasteiger partial charge is 0.496 e. The third-order valence-electron chi connectivity index (χ3n) is 6.19. The molecule has 0 fully saturated rings. The maximum atomic E-state index is 13.5. The lowest BCUT2D eigenvalue weighted by atomic mass is 9.74. The van der Waals surface area contributed by atoms with E-state index in [0.29, 0.717) is 37.2 Å². The van der Waals surface area contributed by atoms with E-state index in [9.17, 15) is 14.4 Å². The van der Waals surface area contributed by atoms with Crippen molar-refractivity contribution in [3.05, 3.63) is 53.0 Å². The number of ketones is 2. The van der Waals surface area contributed by atoms with Crippen molar-refractivity contribution in [2.75, 3.05) is 26.1 Å². The summed E-state index contributed by atoms with van der Waals surface area (Å²) in [6.07, 6.45) is 5.88. The highest BCUT2D eigenvalue weighted by Crippen LogP contribution is 2.52. The number of carbonyl (C=O) groups is 3. The van der Waals surface area contributed by atoms with Crippen LogP contribution in [0.4, 0.5) is 5.69 Å². The van der Waals surface area contributed by atoms with Gasteiger partial charge in [0.25, 0.3) is 0 Å². The Labute approximate surface area is 207 Å². The van der Waals surface area contributed by atoms with Crippen LogP contribution in [0.3, 0.4) is 0 Å². The van der Waals surface area contributed by atoms with Gasteiger partial charge in [-0.05, 0) is 25.0 Å². The predicted molar refractivity (Wildman–Crippen MR) is 129 cm³/mol. The third-order valence-corrected chi connectivity index (χ3v) is 6.55. The van der Waals surface area contributed by atoms with Gasteiger partial charge in [-0.1, -0.05) is 18.5 Å². The van der Waals surface area contributed by atoms with E-state index in [-0.39, 0.29) is 33.7 Å². The van der Waals surface area contributed by atoms with Crippen molar-refractivity contribution < 1.29 is 28.6 Å². The molecule has 9 nitrogen and oxygen atoms in total. The number of nitrogens with zero attached hydrogens (tertiary/aromatic N) is 1. The molecular weight excluding hydrogens is 474 g/mol. The number of halogens is 1. The SMILES string of the molecule is COc1cc(OC)c2c(c1Cl)OC1(C(=O)C=C(NCCCC(=O)Nc3cccnc3)CC1C)C2=O. The summed E-state index contributed by atoms with van der Waals surface area (Å²) in [5.41, 5.74) is -0.242. The molecular formula is C25H26ClN3O6. The minimum atomic E-state index is -1.71. The van der Waals surface area contributed by atoms with Gasteiger partial charge in [-0.25, -0.2) is 0 Å². The van der Waals surface area contributed by atoms with Crippen LogP contribution in [0, 0.1) is 5.92 Å². The van der Waals surface area contributed by atoms with Gasteiger partial charge in [0, 0.05) is 42.9 Å². The van der Waals surface area contributed by atoms with E-state index in [2.05, 4.69) is 15.6 Å². The number of anilines is 1. The van der Waals surface area contributed by atoms with Crippen molar-refractivity contribution in [2.24, 2.45) is 5.92 Å². The molecule has 1 aromatic heterocycles.